The van der Waals surface area contributed by atoms with Crippen LogP contribution in [0.25, 0.3) is 0 Å². The maximum atomic E-state index is 5.85. The highest BCUT2D eigenvalue weighted by Gasteiger charge is 2.32. The lowest BCUT2D eigenvalue weighted by Gasteiger charge is -2.36. The molecule has 2 unspecified atom stereocenters. The van der Waals surface area contributed by atoms with E-state index in [4.69, 9.17) is 10.6 Å². The second kappa shape index (κ2) is 5.96. The molecule has 1 aliphatic heterocycles. The summed E-state index contributed by atoms with van der Waals surface area (Å²) in [5.41, 5.74) is 2.95. The molecule has 0 radical (unpaired) electrons. The van der Waals surface area contributed by atoms with Crippen molar-refractivity contribution in [3.05, 3.63) is 0 Å². The number of nitrogens with one attached hydrogen (secondary N) is 1. The summed E-state index contributed by atoms with van der Waals surface area (Å²) >= 11 is 0. The van der Waals surface area contributed by atoms with Gasteiger partial charge in [0, 0.05) is 19.1 Å². The Morgan fingerprint density at radius 1 is 1.50 bits per heavy atom. The smallest absolute Gasteiger partial charge is 0.0868 e. The fourth-order valence-corrected chi connectivity index (χ4v) is 2.53. The Balaban J connectivity index is 1.80. The molecule has 2 rings (SSSR count). The minimum Gasteiger partial charge on any atom is -0.374 e. The van der Waals surface area contributed by atoms with Crippen LogP contribution in [0, 0.1) is 5.92 Å². The van der Waals surface area contributed by atoms with E-state index in [0.29, 0.717) is 6.04 Å². The Morgan fingerprint density at radius 2 is 2.31 bits per heavy atom. The van der Waals surface area contributed by atoms with Crippen LogP contribution >= 0.6 is 0 Å². The molecule has 0 amide bonds. The van der Waals surface area contributed by atoms with E-state index in [1.165, 1.54) is 32.2 Å². The van der Waals surface area contributed by atoms with Gasteiger partial charge in [-0.3, -0.25) is 16.2 Å². The average molecular weight is 227 g/mol. The molecule has 4 nitrogen and oxygen atoms in total. The van der Waals surface area contributed by atoms with Crippen LogP contribution in [0.5, 0.6) is 0 Å². The van der Waals surface area contributed by atoms with Crippen molar-refractivity contribution in [3.63, 3.8) is 0 Å². The molecule has 1 heterocycles. The van der Waals surface area contributed by atoms with Gasteiger partial charge in [0.25, 0.3) is 0 Å². The molecule has 1 aliphatic carbocycles. The summed E-state index contributed by atoms with van der Waals surface area (Å²) in [5, 5.41) is 0. The molecule has 1 saturated heterocycles. The Morgan fingerprint density at radius 3 is 2.94 bits per heavy atom. The molecule has 0 aromatic rings. The van der Waals surface area contributed by atoms with Gasteiger partial charge in [0.05, 0.1) is 12.7 Å². The first-order valence-corrected chi connectivity index (χ1v) is 6.63. The van der Waals surface area contributed by atoms with E-state index in [1.54, 1.807) is 0 Å². The van der Waals surface area contributed by atoms with Crippen molar-refractivity contribution >= 4 is 0 Å². The van der Waals surface area contributed by atoms with E-state index in [0.717, 1.165) is 25.6 Å². The zero-order valence-corrected chi connectivity index (χ0v) is 10.3. The molecule has 0 aromatic carbocycles. The van der Waals surface area contributed by atoms with Crippen molar-refractivity contribution in [3.8, 4) is 0 Å². The Bertz CT molecular complexity index is 206. The fourth-order valence-electron chi connectivity index (χ4n) is 2.53. The topological polar surface area (TPSA) is 50.5 Å². The van der Waals surface area contributed by atoms with Crippen LogP contribution in [0.2, 0.25) is 0 Å². The Labute approximate surface area is 98.5 Å². The van der Waals surface area contributed by atoms with Crippen molar-refractivity contribution < 1.29 is 4.74 Å². The standard InChI is InChI=1S/C12H25N3O/c1-2-5-15-6-7-16-12(9-15)11(14-13)8-10-3-4-10/h10-12,14H,2-9,13H2,1H3. The fraction of sp³-hybridized carbons (Fsp3) is 1.00. The maximum absolute atomic E-state index is 5.85. The molecule has 2 atom stereocenters. The first-order valence-electron chi connectivity index (χ1n) is 6.63. The van der Waals surface area contributed by atoms with Gasteiger partial charge >= 0.3 is 0 Å². The highest BCUT2D eigenvalue weighted by molar-refractivity contribution is 4.87. The third-order valence-electron chi connectivity index (χ3n) is 3.66. The second-order valence-corrected chi connectivity index (χ2v) is 5.16. The van der Waals surface area contributed by atoms with E-state index in [2.05, 4.69) is 17.2 Å². The quantitative estimate of drug-likeness (QED) is 0.519. The summed E-state index contributed by atoms with van der Waals surface area (Å²) in [6.07, 6.45) is 5.44. The van der Waals surface area contributed by atoms with Crippen LogP contribution in [-0.4, -0.2) is 43.3 Å². The minimum absolute atomic E-state index is 0.283. The molecule has 0 bridgehead atoms. The van der Waals surface area contributed by atoms with E-state index >= 15 is 0 Å². The number of nitrogens with zero attached hydrogens (tertiary/aromatic N) is 1. The number of hydrazine groups is 1. The van der Waals surface area contributed by atoms with Crippen molar-refractivity contribution in [2.45, 2.75) is 44.8 Å². The monoisotopic (exact) mass is 227 g/mol. The van der Waals surface area contributed by atoms with Crippen molar-refractivity contribution in [2.75, 3.05) is 26.2 Å². The third kappa shape index (κ3) is 3.42. The number of morpholine rings is 1. The van der Waals surface area contributed by atoms with E-state index in [9.17, 15) is 0 Å². The zero-order chi connectivity index (χ0) is 11.4. The first kappa shape index (κ1) is 12.3. The summed E-state index contributed by atoms with van der Waals surface area (Å²) in [6, 6.07) is 0.340. The molecule has 2 fully saturated rings. The number of ether oxygens (including phenoxy) is 1. The number of hydrogen-bond donors (Lipinski definition) is 2. The lowest BCUT2D eigenvalue weighted by Crippen LogP contribution is -2.54. The average Bonchev–Trinajstić information content (AvgIpc) is 3.10. The summed E-state index contributed by atoms with van der Waals surface area (Å²) < 4.78 is 5.85. The van der Waals surface area contributed by atoms with Gasteiger partial charge in [-0.15, -0.1) is 0 Å². The zero-order valence-electron chi connectivity index (χ0n) is 10.3. The molecule has 2 aliphatic rings. The van der Waals surface area contributed by atoms with Gasteiger partial charge in [-0.2, -0.15) is 0 Å². The van der Waals surface area contributed by atoms with Crippen molar-refractivity contribution in [1.29, 1.82) is 0 Å². The third-order valence-corrected chi connectivity index (χ3v) is 3.66. The van der Waals surface area contributed by atoms with Gasteiger partial charge in [0.15, 0.2) is 0 Å². The lowest BCUT2D eigenvalue weighted by atomic mass is 10.0. The lowest BCUT2D eigenvalue weighted by molar-refractivity contribution is -0.0484. The van der Waals surface area contributed by atoms with Gasteiger partial charge in [-0.05, 0) is 25.3 Å². The number of rotatable bonds is 6. The molecule has 94 valence electrons. The SMILES string of the molecule is CCCN1CCOC(C(CC2CC2)NN)C1. The summed E-state index contributed by atoms with van der Waals surface area (Å²) in [5.74, 6) is 6.55. The van der Waals surface area contributed by atoms with Gasteiger partial charge in [-0.1, -0.05) is 19.8 Å². The van der Waals surface area contributed by atoms with Crippen LogP contribution < -0.4 is 11.3 Å². The molecule has 0 aromatic heterocycles. The van der Waals surface area contributed by atoms with Gasteiger partial charge in [0.1, 0.15) is 0 Å². The van der Waals surface area contributed by atoms with Crippen LogP contribution in [-0.2, 0) is 4.74 Å². The van der Waals surface area contributed by atoms with E-state index in [-0.39, 0.29) is 6.10 Å². The van der Waals surface area contributed by atoms with E-state index < -0.39 is 0 Å². The highest BCUT2D eigenvalue weighted by atomic mass is 16.5. The predicted molar refractivity (Wildman–Crippen MR) is 64.9 cm³/mol. The molecule has 16 heavy (non-hydrogen) atoms. The number of hydrogen-bond acceptors (Lipinski definition) is 4. The summed E-state index contributed by atoms with van der Waals surface area (Å²) in [7, 11) is 0. The molecular weight excluding hydrogens is 202 g/mol. The Hall–Kier alpha value is -0.160. The molecule has 3 N–H and O–H groups in total. The van der Waals surface area contributed by atoms with Crippen molar-refractivity contribution in [2.24, 2.45) is 11.8 Å². The van der Waals surface area contributed by atoms with E-state index in [1.807, 2.05) is 0 Å². The second-order valence-electron chi connectivity index (χ2n) is 5.16. The largest absolute Gasteiger partial charge is 0.374 e. The molecule has 4 heteroatoms. The minimum atomic E-state index is 0.283. The summed E-state index contributed by atoms with van der Waals surface area (Å²) in [6.45, 7) is 6.38. The number of nitrogens with two attached hydrogens (primary N) is 1. The predicted octanol–water partition coefficient (Wildman–Crippen LogP) is 0.729. The van der Waals surface area contributed by atoms with Gasteiger partial charge in [-0.25, -0.2) is 0 Å². The highest BCUT2D eigenvalue weighted by Crippen LogP contribution is 2.34. The maximum Gasteiger partial charge on any atom is 0.0868 e. The van der Waals surface area contributed by atoms with Gasteiger partial charge in [0.2, 0.25) is 0 Å². The molecule has 0 spiro atoms. The first-order chi connectivity index (χ1) is 7.83. The molecular formula is C12H25N3O. The van der Waals surface area contributed by atoms with Crippen LogP contribution in [0.1, 0.15) is 32.6 Å². The molecule has 1 saturated carbocycles. The summed E-state index contributed by atoms with van der Waals surface area (Å²) in [4.78, 5) is 2.49. The van der Waals surface area contributed by atoms with Crippen molar-refractivity contribution in [1.82, 2.24) is 10.3 Å². The van der Waals surface area contributed by atoms with Crippen LogP contribution in [0.15, 0.2) is 0 Å². The van der Waals surface area contributed by atoms with Crippen LogP contribution in [0.4, 0.5) is 0 Å². The van der Waals surface area contributed by atoms with Crippen LogP contribution in [0.3, 0.4) is 0 Å². The normalized spacial score (nSPS) is 29.2. The van der Waals surface area contributed by atoms with Gasteiger partial charge < -0.3 is 4.74 Å². The Kier molecular flexibility index (Phi) is 4.58.